The van der Waals surface area contributed by atoms with Crippen LogP contribution in [0.2, 0.25) is 5.02 Å². The smallest absolute Gasteiger partial charge is 0.294 e. The third kappa shape index (κ3) is 6.72. The Kier molecular flexibility index (Phi) is 8.47. The topological polar surface area (TPSA) is 128 Å². The van der Waals surface area contributed by atoms with Crippen LogP contribution in [-0.2, 0) is 16.2 Å². The number of nitrogens with one attached hydrogen (secondary N) is 1. The van der Waals surface area contributed by atoms with E-state index in [0.29, 0.717) is 34.4 Å². The zero-order valence-electron chi connectivity index (χ0n) is 20.2. The Hall–Kier alpha value is -4.42. The molecule has 3 aromatic rings. The molecule has 3 amide bonds. The molecule has 0 atom stereocenters. The van der Waals surface area contributed by atoms with Crippen molar-refractivity contribution in [2.45, 2.75) is 6.61 Å². The van der Waals surface area contributed by atoms with Gasteiger partial charge in [-0.15, -0.1) is 0 Å². The largest absolute Gasteiger partial charge is 0.493 e. The molecule has 4 rings (SSSR count). The van der Waals surface area contributed by atoms with Gasteiger partial charge in [-0.05, 0) is 59.3 Å². The van der Waals surface area contributed by atoms with E-state index in [0.717, 1.165) is 11.0 Å². The first-order valence-electron chi connectivity index (χ1n) is 11.2. The summed E-state index contributed by atoms with van der Waals surface area (Å²) in [7, 11) is 1.43. The molecule has 10 nitrogen and oxygen atoms in total. The highest BCUT2D eigenvalue weighted by Gasteiger charge is 2.36. The van der Waals surface area contributed by atoms with E-state index in [1.807, 2.05) is 0 Å². The Morgan fingerprint density at radius 1 is 1.15 bits per heavy atom. The number of hydrogen-bond acceptors (Lipinski definition) is 8. The number of carbonyl (C=O) groups is 3. The van der Waals surface area contributed by atoms with Crippen molar-refractivity contribution >= 4 is 57.9 Å². The van der Waals surface area contributed by atoms with Crippen LogP contribution in [0.5, 0.6) is 11.5 Å². The molecule has 0 bridgehead atoms. The Bertz CT molecular complexity index is 1510. The first-order valence-corrected chi connectivity index (χ1v) is 12.4. The monoisotopic (exact) mass is 571 g/mol. The van der Waals surface area contributed by atoms with E-state index in [1.165, 1.54) is 37.5 Å². The van der Waals surface area contributed by atoms with E-state index in [9.17, 15) is 28.9 Å². The van der Waals surface area contributed by atoms with Crippen molar-refractivity contribution in [2.75, 3.05) is 19.0 Å². The summed E-state index contributed by atoms with van der Waals surface area (Å²) in [4.78, 5) is 49.0. The maximum Gasteiger partial charge on any atom is 0.294 e. The second-order valence-electron chi connectivity index (χ2n) is 8.07. The van der Waals surface area contributed by atoms with Crippen LogP contribution in [0.1, 0.15) is 11.1 Å². The van der Waals surface area contributed by atoms with Crippen LogP contribution in [0.3, 0.4) is 0 Å². The average Bonchev–Trinajstić information content (AvgIpc) is 3.17. The molecular weight excluding hydrogens is 553 g/mol. The van der Waals surface area contributed by atoms with Gasteiger partial charge in [0, 0.05) is 17.8 Å². The lowest BCUT2D eigenvalue weighted by Crippen LogP contribution is -2.36. The first-order chi connectivity index (χ1) is 18.6. The van der Waals surface area contributed by atoms with Gasteiger partial charge in [-0.3, -0.25) is 29.4 Å². The summed E-state index contributed by atoms with van der Waals surface area (Å²) >= 11 is 6.39. The Morgan fingerprint density at radius 2 is 1.95 bits per heavy atom. The predicted octanol–water partition coefficient (Wildman–Crippen LogP) is 5.65. The summed E-state index contributed by atoms with van der Waals surface area (Å²) < 4.78 is 24.5. The van der Waals surface area contributed by atoms with Gasteiger partial charge in [-0.25, -0.2) is 4.39 Å². The lowest BCUT2D eigenvalue weighted by Gasteiger charge is -2.13. The maximum atomic E-state index is 13.3. The molecule has 1 heterocycles. The second-order valence-corrected chi connectivity index (χ2v) is 9.47. The fourth-order valence-electron chi connectivity index (χ4n) is 3.52. The number of carbonyl (C=O) groups excluding carboxylic acids is 3. The van der Waals surface area contributed by atoms with Gasteiger partial charge in [0.25, 0.3) is 16.8 Å². The van der Waals surface area contributed by atoms with Crippen LogP contribution >= 0.6 is 23.4 Å². The van der Waals surface area contributed by atoms with Crippen LogP contribution in [-0.4, -0.2) is 40.5 Å². The molecule has 0 saturated carbocycles. The van der Waals surface area contributed by atoms with Crippen LogP contribution in [0, 0.1) is 15.9 Å². The molecule has 1 N–H and O–H groups in total. The van der Waals surface area contributed by atoms with Crippen LogP contribution in [0.25, 0.3) is 6.08 Å². The van der Waals surface area contributed by atoms with Crippen LogP contribution < -0.4 is 14.8 Å². The molecule has 0 radical (unpaired) electrons. The number of methoxy groups -OCH3 is 1. The number of benzene rings is 3. The highest BCUT2D eigenvalue weighted by molar-refractivity contribution is 8.18. The summed E-state index contributed by atoms with van der Waals surface area (Å²) in [5.41, 5.74) is 1.29. The number of halogens is 2. The number of thioether (sulfide) groups is 1. The highest BCUT2D eigenvalue weighted by atomic mass is 35.5. The Morgan fingerprint density at radius 3 is 2.67 bits per heavy atom. The van der Waals surface area contributed by atoms with Gasteiger partial charge in [-0.2, -0.15) is 0 Å². The van der Waals surface area contributed by atoms with Crippen molar-refractivity contribution in [1.29, 1.82) is 0 Å². The van der Waals surface area contributed by atoms with Crippen molar-refractivity contribution in [1.82, 2.24) is 4.90 Å². The minimum atomic E-state index is -0.659. The van der Waals surface area contributed by atoms with Gasteiger partial charge in [0.2, 0.25) is 5.91 Å². The number of nitrogens with zero attached hydrogens (tertiary/aromatic N) is 2. The standard InChI is InChI=1S/C26H19ClFN3O7S/c1-37-22-10-15(5-8-21(22)38-14-16-3-2-4-18(9-16)31(35)36)11-23-25(33)30(26(34)39-23)13-24(32)29-17-6-7-20(28)19(27)12-17/h2-12H,13-14H2,1H3,(H,29,32)/b23-11+. The van der Waals surface area contributed by atoms with E-state index in [4.69, 9.17) is 21.1 Å². The molecule has 1 aliphatic rings. The molecule has 0 unspecified atom stereocenters. The number of hydrogen-bond donors (Lipinski definition) is 1. The van der Waals surface area contributed by atoms with E-state index >= 15 is 0 Å². The first kappa shape index (κ1) is 27.6. The molecule has 0 spiro atoms. The number of nitro groups is 1. The Balaban J connectivity index is 1.42. The number of nitro benzene ring substituents is 1. The average molecular weight is 572 g/mol. The summed E-state index contributed by atoms with van der Waals surface area (Å²) in [5.74, 6) is -1.25. The van der Waals surface area contributed by atoms with E-state index in [2.05, 4.69) is 5.32 Å². The fraction of sp³-hybridized carbons (Fsp3) is 0.115. The van der Waals surface area contributed by atoms with Crippen molar-refractivity contribution in [3.05, 3.63) is 97.6 Å². The number of rotatable bonds is 9. The zero-order valence-corrected chi connectivity index (χ0v) is 21.8. The minimum Gasteiger partial charge on any atom is -0.493 e. The minimum absolute atomic E-state index is 0.0512. The predicted molar refractivity (Wildman–Crippen MR) is 143 cm³/mol. The number of imide groups is 1. The van der Waals surface area contributed by atoms with Crippen molar-refractivity contribution in [2.24, 2.45) is 0 Å². The molecule has 1 saturated heterocycles. The molecule has 0 aromatic heterocycles. The fourth-order valence-corrected chi connectivity index (χ4v) is 4.54. The summed E-state index contributed by atoms with van der Waals surface area (Å²) in [5, 5.41) is 12.6. The SMILES string of the molecule is COc1cc(/C=C2/SC(=O)N(CC(=O)Nc3ccc(F)c(Cl)c3)C2=O)ccc1OCc1cccc([N+](=O)[O-])c1. The molecule has 1 fully saturated rings. The normalized spacial score (nSPS) is 14.0. The number of non-ortho nitro benzene ring substituents is 1. The van der Waals surface area contributed by atoms with Crippen molar-refractivity contribution in [3.63, 3.8) is 0 Å². The second kappa shape index (κ2) is 12.0. The van der Waals surface area contributed by atoms with Gasteiger partial charge >= 0.3 is 0 Å². The third-order valence-electron chi connectivity index (χ3n) is 5.38. The number of anilines is 1. The molecule has 3 aromatic carbocycles. The number of ether oxygens (including phenoxy) is 2. The van der Waals surface area contributed by atoms with Crippen LogP contribution in [0.15, 0.2) is 65.6 Å². The van der Waals surface area contributed by atoms with Gasteiger partial charge in [0.1, 0.15) is 19.0 Å². The van der Waals surface area contributed by atoms with E-state index in [-0.39, 0.29) is 27.9 Å². The highest BCUT2D eigenvalue weighted by Crippen LogP contribution is 2.35. The van der Waals surface area contributed by atoms with Crippen molar-refractivity contribution in [3.8, 4) is 11.5 Å². The molecule has 0 aliphatic carbocycles. The number of amides is 3. The molecule has 1 aliphatic heterocycles. The molecule has 13 heteroatoms. The van der Waals surface area contributed by atoms with Gasteiger partial charge in [0.15, 0.2) is 11.5 Å². The van der Waals surface area contributed by atoms with Gasteiger partial charge < -0.3 is 14.8 Å². The quantitative estimate of drug-likeness (QED) is 0.198. The van der Waals surface area contributed by atoms with Gasteiger partial charge in [0.05, 0.1) is 22.0 Å². The lowest BCUT2D eigenvalue weighted by atomic mass is 10.1. The summed E-state index contributed by atoms with van der Waals surface area (Å²) in [6.45, 7) is -0.479. The van der Waals surface area contributed by atoms with E-state index < -0.39 is 34.3 Å². The molecular formula is C26H19ClFN3O7S. The zero-order chi connectivity index (χ0) is 28.1. The summed E-state index contributed by atoms with van der Waals surface area (Å²) in [6.07, 6.45) is 1.48. The van der Waals surface area contributed by atoms with Gasteiger partial charge in [-0.1, -0.05) is 29.8 Å². The molecule has 200 valence electrons. The van der Waals surface area contributed by atoms with E-state index in [1.54, 1.807) is 30.3 Å². The maximum absolute atomic E-state index is 13.3. The van der Waals surface area contributed by atoms with Crippen LogP contribution in [0.4, 0.5) is 20.6 Å². The lowest BCUT2D eigenvalue weighted by molar-refractivity contribution is -0.384. The summed E-state index contributed by atoms with van der Waals surface area (Å²) in [6, 6.07) is 14.5. The third-order valence-corrected chi connectivity index (χ3v) is 6.58. The van der Waals surface area contributed by atoms with Crippen molar-refractivity contribution < 1.29 is 33.2 Å². The Labute approximate surface area is 230 Å². The molecule has 39 heavy (non-hydrogen) atoms.